The molecule has 1 heteroatoms. The van der Waals surface area contributed by atoms with Gasteiger partial charge >= 0.3 is 0 Å². The van der Waals surface area contributed by atoms with Gasteiger partial charge in [-0.2, -0.15) is 0 Å². The predicted molar refractivity (Wildman–Crippen MR) is 138 cm³/mol. The number of halogens is 1. The van der Waals surface area contributed by atoms with Crippen molar-refractivity contribution in [2.75, 3.05) is 0 Å². The first kappa shape index (κ1) is 24.4. The molecule has 0 fully saturated rings. The lowest BCUT2D eigenvalue weighted by Gasteiger charge is -2.02. The maximum Gasteiger partial charge on any atom is 0.140 e. The molecule has 0 N–H and O–H groups in total. The smallest absolute Gasteiger partial charge is 0.140 e. The molecule has 33 heavy (non-hydrogen) atoms. The third-order valence-corrected chi connectivity index (χ3v) is 5.74. The van der Waals surface area contributed by atoms with Gasteiger partial charge in [0, 0.05) is 16.7 Å². The SMILES string of the molecule is CCCCCCCCCc1ccc(C#Cc2ccc(C#Cc3ccc(C)cc3)cc2F)cc1. The van der Waals surface area contributed by atoms with Crippen LogP contribution in [0.2, 0.25) is 0 Å². The molecule has 0 aliphatic heterocycles. The van der Waals surface area contributed by atoms with Crippen molar-refractivity contribution < 1.29 is 4.39 Å². The molecule has 0 atom stereocenters. The fourth-order valence-electron chi connectivity index (χ4n) is 3.66. The highest BCUT2D eigenvalue weighted by molar-refractivity contribution is 5.49. The van der Waals surface area contributed by atoms with Crippen molar-refractivity contribution >= 4 is 0 Å². The molecule has 0 nitrogen and oxygen atoms in total. The molecule has 0 aromatic heterocycles. The Morgan fingerprint density at radius 2 is 1.15 bits per heavy atom. The van der Waals surface area contributed by atoms with E-state index in [-0.39, 0.29) is 5.82 Å². The number of benzene rings is 3. The summed E-state index contributed by atoms with van der Waals surface area (Å²) in [6.45, 7) is 4.29. The van der Waals surface area contributed by atoms with Crippen molar-refractivity contribution in [2.24, 2.45) is 0 Å². The molecule has 3 rings (SSSR count). The molecule has 3 aromatic carbocycles. The van der Waals surface area contributed by atoms with Crippen molar-refractivity contribution in [3.63, 3.8) is 0 Å². The van der Waals surface area contributed by atoms with Gasteiger partial charge in [-0.25, -0.2) is 4.39 Å². The van der Waals surface area contributed by atoms with Gasteiger partial charge in [0.1, 0.15) is 5.82 Å². The standard InChI is InChI=1S/C32H33F/c1-3-4-5-6-7-8-9-10-27-15-17-29(18-16-27)21-23-31-24-22-30(25-32(31)33)20-19-28-13-11-26(2)12-14-28/h11-18,22,24-25H,3-10H2,1-2H3. The summed E-state index contributed by atoms with van der Waals surface area (Å²) in [6, 6.07) is 21.3. The molecule has 168 valence electrons. The Kier molecular flexibility index (Phi) is 9.82. The second kappa shape index (κ2) is 13.3. The number of unbranched alkanes of at least 4 members (excludes halogenated alkanes) is 6. The second-order valence-corrected chi connectivity index (χ2v) is 8.63. The van der Waals surface area contributed by atoms with E-state index < -0.39 is 0 Å². The predicted octanol–water partition coefficient (Wildman–Crippen LogP) is 8.23. The van der Waals surface area contributed by atoms with E-state index in [0.717, 1.165) is 17.5 Å². The zero-order valence-corrected chi connectivity index (χ0v) is 19.9. The van der Waals surface area contributed by atoms with Gasteiger partial charge in [0.2, 0.25) is 0 Å². The van der Waals surface area contributed by atoms with Crippen molar-refractivity contribution in [3.05, 3.63) is 106 Å². The minimum Gasteiger partial charge on any atom is -0.206 e. The Balaban J connectivity index is 1.52. The summed E-state index contributed by atoms with van der Waals surface area (Å²) in [4.78, 5) is 0. The molecule has 0 saturated carbocycles. The van der Waals surface area contributed by atoms with Gasteiger partial charge in [0.25, 0.3) is 0 Å². The van der Waals surface area contributed by atoms with Crippen LogP contribution >= 0.6 is 0 Å². The molecule has 0 bridgehead atoms. The first-order valence-electron chi connectivity index (χ1n) is 12.1. The number of aryl methyl sites for hydroxylation is 2. The number of hydrogen-bond acceptors (Lipinski definition) is 0. The van der Waals surface area contributed by atoms with E-state index in [9.17, 15) is 4.39 Å². The average Bonchev–Trinajstić information content (AvgIpc) is 2.83. The molecule has 0 heterocycles. The Morgan fingerprint density at radius 3 is 1.82 bits per heavy atom. The molecule has 0 unspecified atom stereocenters. The van der Waals surface area contributed by atoms with Crippen LogP contribution in [0.25, 0.3) is 0 Å². The molecule has 0 saturated heterocycles. The van der Waals surface area contributed by atoms with Crippen molar-refractivity contribution in [2.45, 2.75) is 65.2 Å². The first-order valence-corrected chi connectivity index (χ1v) is 12.1. The van der Waals surface area contributed by atoms with Crippen LogP contribution in [0, 0.1) is 36.4 Å². The van der Waals surface area contributed by atoms with Gasteiger partial charge in [-0.05, 0) is 67.8 Å². The van der Waals surface area contributed by atoms with Crippen LogP contribution in [0.15, 0.2) is 66.7 Å². The summed E-state index contributed by atoms with van der Waals surface area (Å²) in [5, 5.41) is 0. The maximum absolute atomic E-state index is 14.5. The Hall–Kier alpha value is -3.29. The van der Waals surface area contributed by atoms with E-state index in [2.05, 4.69) is 42.7 Å². The minimum atomic E-state index is -0.339. The van der Waals surface area contributed by atoms with E-state index in [1.54, 1.807) is 6.07 Å². The lowest BCUT2D eigenvalue weighted by atomic mass is 10.0. The van der Waals surface area contributed by atoms with Gasteiger partial charge in [-0.3, -0.25) is 0 Å². The molecule has 0 aliphatic rings. The van der Waals surface area contributed by atoms with Crippen LogP contribution in [-0.2, 0) is 6.42 Å². The van der Waals surface area contributed by atoms with Crippen molar-refractivity contribution in [3.8, 4) is 23.7 Å². The van der Waals surface area contributed by atoms with Crippen molar-refractivity contribution in [1.82, 2.24) is 0 Å². The molecule has 0 aliphatic carbocycles. The molecule has 3 aromatic rings. The maximum atomic E-state index is 14.5. The topological polar surface area (TPSA) is 0 Å². The van der Waals surface area contributed by atoms with Gasteiger partial charge in [0.15, 0.2) is 0 Å². The van der Waals surface area contributed by atoms with Gasteiger partial charge in [0.05, 0.1) is 5.56 Å². The zero-order chi connectivity index (χ0) is 23.3. The summed E-state index contributed by atoms with van der Waals surface area (Å²) in [5.41, 5.74) is 5.40. The average molecular weight is 437 g/mol. The summed E-state index contributed by atoms with van der Waals surface area (Å²) < 4.78 is 14.5. The Morgan fingerprint density at radius 1 is 0.606 bits per heavy atom. The Bertz CT molecular complexity index is 1130. The Labute approximate surface area is 199 Å². The van der Waals surface area contributed by atoms with Crippen LogP contribution in [0.4, 0.5) is 4.39 Å². The zero-order valence-electron chi connectivity index (χ0n) is 19.9. The van der Waals surface area contributed by atoms with Crippen LogP contribution in [0.1, 0.15) is 85.3 Å². The van der Waals surface area contributed by atoms with E-state index in [1.165, 1.54) is 62.1 Å². The summed E-state index contributed by atoms with van der Waals surface area (Å²) >= 11 is 0. The fraction of sp³-hybridized carbons (Fsp3) is 0.312. The molecular weight excluding hydrogens is 403 g/mol. The summed E-state index contributed by atoms with van der Waals surface area (Å²) in [5.74, 6) is 11.8. The van der Waals surface area contributed by atoms with E-state index >= 15 is 0 Å². The monoisotopic (exact) mass is 436 g/mol. The highest BCUT2D eigenvalue weighted by Gasteiger charge is 2.00. The van der Waals surface area contributed by atoms with Gasteiger partial charge < -0.3 is 0 Å². The highest BCUT2D eigenvalue weighted by atomic mass is 19.1. The summed E-state index contributed by atoms with van der Waals surface area (Å²) in [6.07, 6.45) is 10.4. The largest absolute Gasteiger partial charge is 0.206 e. The van der Waals surface area contributed by atoms with Gasteiger partial charge in [-0.15, -0.1) is 0 Å². The van der Waals surface area contributed by atoms with E-state index in [1.807, 2.05) is 49.4 Å². The molecular formula is C32H33F. The lowest BCUT2D eigenvalue weighted by molar-refractivity contribution is 0.589. The van der Waals surface area contributed by atoms with Crippen molar-refractivity contribution in [1.29, 1.82) is 0 Å². The number of hydrogen-bond donors (Lipinski definition) is 0. The van der Waals surface area contributed by atoms with Gasteiger partial charge in [-0.1, -0.05) is 99.0 Å². The van der Waals surface area contributed by atoms with Crippen LogP contribution in [0.3, 0.4) is 0 Å². The highest BCUT2D eigenvalue weighted by Crippen LogP contribution is 2.13. The van der Waals surface area contributed by atoms with Crippen LogP contribution in [-0.4, -0.2) is 0 Å². The van der Waals surface area contributed by atoms with Crippen LogP contribution in [0.5, 0.6) is 0 Å². The minimum absolute atomic E-state index is 0.339. The van der Waals surface area contributed by atoms with Crippen LogP contribution < -0.4 is 0 Å². The fourth-order valence-corrected chi connectivity index (χ4v) is 3.66. The third kappa shape index (κ3) is 8.63. The normalized spacial score (nSPS) is 10.2. The summed E-state index contributed by atoms with van der Waals surface area (Å²) in [7, 11) is 0. The van der Waals surface area contributed by atoms with E-state index in [4.69, 9.17) is 0 Å². The second-order valence-electron chi connectivity index (χ2n) is 8.63. The lowest BCUT2D eigenvalue weighted by Crippen LogP contribution is -1.88. The van der Waals surface area contributed by atoms with E-state index in [0.29, 0.717) is 11.1 Å². The third-order valence-electron chi connectivity index (χ3n) is 5.74. The quantitative estimate of drug-likeness (QED) is 0.246. The first-order chi connectivity index (χ1) is 16.1. The molecule has 0 amide bonds. The number of rotatable bonds is 8. The molecule has 0 spiro atoms. The molecule has 0 radical (unpaired) electrons.